The summed E-state index contributed by atoms with van der Waals surface area (Å²) in [5, 5.41) is 26.3. The number of rotatable bonds is 4. The second kappa shape index (κ2) is 4.48. The average Bonchev–Trinajstić information content (AvgIpc) is 2.41. The molecule has 0 aromatic carbocycles. The molecule has 3 unspecified atom stereocenters. The van der Waals surface area contributed by atoms with Gasteiger partial charge in [-0.25, -0.2) is 0 Å². The van der Waals surface area contributed by atoms with E-state index in [0.29, 0.717) is 19.3 Å². The average molecular weight is 216 g/mol. The van der Waals surface area contributed by atoms with Crippen LogP contribution in [0.5, 0.6) is 0 Å². The largest absolute Gasteiger partial charge is 0.480 e. The fraction of sp³-hybridized carbons (Fsp3) is 0.875. The zero-order chi connectivity index (χ0) is 11.6. The first-order valence-electron chi connectivity index (χ1n) is 5.00. The SMILES string of the molecule is NC1CC(CCB(O)O)CC1(N)C(=O)O. The Labute approximate surface area is 88.4 Å². The van der Waals surface area contributed by atoms with Gasteiger partial charge < -0.3 is 26.6 Å². The van der Waals surface area contributed by atoms with Crippen molar-refractivity contribution in [3.8, 4) is 0 Å². The van der Waals surface area contributed by atoms with Gasteiger partial charge in [-0.3, -0.25) is 4.79 Å². The lowest BCUT2D eigenvalue weighted by molar-refractivity contribution is -0.143. The van der Waals surface area contributed by atoms with Crippen LogP contribution in [0.4, 0.5) is 0 Å². The van der Waals surface area contributed by atoms with Crippen LogP contribution >= 0.6 is 0 Å². The highest BCUT2D eigenvalue weighted by Crippen LogP contribution is 2.35. The van der Waals surface area contributed by atoms with E-state index in [1.807, 2.05) is 0 Å². The molecule has 0 bridgehead atoms. The highest BCUT2D eigenvalue weighted by molar-refractivity contribution is 6.40. The van der Waals surface area contributed by atoms with Crippen molar-refractivity contribution in [2.24, 2.45) is 17.4 Å². The van der Waals surface area contributed by atoms with Gasteiger partial charge in [0.05, 0.1) is 0 Å². The predicted molar refractivity (Wildman–Crippen MR) is 54.9 cm³/mol. The van der Waals surface area contributed by atoms with Crippen molar-refractivity contribution >= 4 is 13.1 Å². The van der Waals surface area contributed by atoms with Crippen LogP contribution < -0.4 is 11.5 Å². The fourth-order valence-corrected chi connectivity index (χ4v) is 2.13. The topological polar surface area (TPSA) is 130 Å². The number of nitrogens with two attached hydrogens (primary N) is 2. The van der Waals surface area contributed by atoms with Crippen LogP contribution in [-0.4, -0.2) is 39.8 Å². The Morgan fingerprint density at radius 2 is 2.13 bits per heavy atom. The zero-order valence-corrected chi connectivity index (χ0v) is 8.47. The number of carboxylic acid groups (broad SMARTS) is 1. The molecule has 86 valence electrons. The normalized spacial score (nSPS) is 35.5. The van der Waals surface area contributed by atoms with Crippen LogP contribution in [0.15, 0.2) is 0 Å². The fourth-order valence-electron chi connectivity index (χ4n) is 2.13. The summed E-state index contributed by atoms with van der Waals surface area (Å²) >= 11 is 0. The van der Waals surface area contributed by atoms with Gasteiger partial charge in [-0.15, -0.1) is 0 Å². The Bertz CT molecular complexity index is 251. The van der Waals surface area contributed by atoms with Crippen LogP contribution in [0.1, 0.15) is 19.3 Å². The summed E-state index contributed by atoms with van der Waals surface area (Å²) in [6.07, 6.45) is 1.59. The van der Waals surface area contributed by atoms with Crippen LogP contribution in [0.3, 0.4) is 0 Å². The third kappa shape index (κ3) is 2.69. The molecule has 15 heavy (non-hydrogen) atoms. The van der Waals surface area contributed by atoms with Crippen molar-refractivity contribution in [1.82, 2.24) is 0 Å². The molecule has 1 saturated carbocycles. The first kappa shape index (κ1) is 12.4. The van der Waals surface area contributed by atoms with Crippen molar-refractivity contribution in [3.05, 3.63) is 0 Å². The van der Waals surface area contributed by atoms with E-state index < -0.39 is 24.7 Å². The highest BCUT2D eigenvalue weighted by atomic mass is 16.4. The zero-order valence-electron chi connectivity index (χ0n) is 8.47. The van der Waals surface area contributed by atoms with Crippen LogP contribution in [0.25, 0.3) is 0 Å². The molecule has 7 N–H and O–H groups in total. The van der Waals surface area contributed by atoms with E-state index in [9.17, 15) is 4.79 Å². The second-order valence-electron chi connectivity index (χ2n) is 4.32. The summed E-state index contributed by atoms with van der Waals surface area (Å²) in [5.74, 6) is -1.02. The number of hydrogen-bond acceptors (Lipinski definition) is 5. The summed E-state index contributed by atoms with van der Waals surface area (Å²) < 4.78 is 0. The van der Waals surface area contributed by atoms with E-state index in [2.05, 4.69) is 0 Å². The third-order valence-corrected chi connectivity index (χ3v) is 3.11. The molecule has 0 aromatic rings. The summed E-state index contributed by atoms with van der Waals surface area (Å²) in [6.45, 7) is 0. The van der Waals surface area contributed by atoms with Gasteiger partial charge >= 0.3 is 13.1 Å². The van der Waals surface area contributed by atoms with Crippen molar-refractivity contribution in [2.75, 3.05) is 0 Å². The minimum atomic E-state index is -1.36. The number of carboxylic acids is 1. The molecular formula is C8H17BN2O4. The van der Waals surface area contributed by atoms with E-state index in [1.54, 1.807) is 0 Å². The lowest BCUT2D eigenvalue weighted by atomic mass is 9.80. The Morgan fingerprint density at radius 1 is 1.53 bits per heavy atom. The quantitative estimate of drug-likeness (QED) is 0.358. The molecule has 0 amide bonds. The maximum Gasteiger partial charge on any atom is 0.451 e. The summed E-state index contributed by atoms with van der Waals surface area (Å²) in [6, 6.07) is -0.559. The van der Waals surface area contributed by atoms with E-state index in [-0.39, 0.29) is 12.2 Å². The number of aliphatic carboxylic acids is 1. The van der Waals surface area contributed by atoms with Crippen molar-refractivity contribution in [2.45, 2.75) is 37.2 Å². The molecule has 0 radical (unpaired) electrons. The molecule has 0 aromatic heterocycles. The van der Waals surface area contributed by atoms with Gasteiger partial charge in [0.25, 0.3) is 0 Å². The first-order chi connectivity index (χ1) is 6.86. The van der Waals surface area contributed by atoms with E-state index in [4.69, 9.17) is 26.6 Å². The van der Waals surface area contributed by atoms with E-state index in [0.717, 1.165) is 0 Å². The number of hydrogen-bond donors (Lipinski definition) is 5. The Kier molecular flexibility index (Phi) is 3.72. The standard InChI is InChI=1S/C8H17BN2O4/c10-6-3-5(1-2-9(14)15)4-8(6,11)7(12)13/h5-6,14-15H,1-4,10-11H2,(H,12,13). The molecule has 1 rings (SSSR count). The molecule has 7 heteroatoms. The predicted octanol–water partition coefficient (Wildman–Crippen LogP) is -1.63. The molecule has 0 saturated heterocycles. The lowest BCUT2D eigenvalue weighted by Crippen LogP contribution is -2.57. The maximum absolute atomic E-state index is 10.9. The van der Waals surface area contributed by atoms with Crippen molar-refractivity contribution < 1.29 is 19.9 Å². The monoisotopic (exact) mass is 216 g/mol. The van der Waals surface area contributed by atoms with Gasteiger partial charge in [0.1, 0.15) is 5.54 Å². The number of carbonyl (C=O) groups is 1. The molecule has 1 fully saturated rings. The summed E-state index contributed by atoms with van der Waals surface area (Å²) in [7, 11) is -1.35. The second-order valence-corrected chi connectivity index (χ2v) is 4.32. The smallest absolute Gasteiger partial charge is 0.451 e. The minimum Gasteiger partial charge on any atom is -0.480 e. The van der Waals surface area contributed by atoms with Gasteiger partial charge in [0, 0.05) is 6.04 Å². The van der Waals surface area contributed by atoms with Crippen molar-refractivity contribution in [1.29, 1.82) is 0 Å². The molecule has 1 aliphatic carbocycles. The van der Waals surface area contributed by atoms with Crippen molar-refractivity contribution in [3.63, 3.8) is 0 Å². The van der Waals surface area contributed by atoms with Crippen LogP contribution in [-0.2, 0) is 4.79 Å². The Hall–Kier alpha value is -0.625. The Morgan fingerprint density at radius 3 is 2.53 bits per heavy atom. The van der Waals surface area contributed by atoms with Crippen LogP contribution in [0.2, 0.25) is 6.32 Å². The van der Waals surface area contributed by atoms with Crippen LogP contribution in [0, 0.1) is 5.92 Å². The highest BCUT2D eigenvalue weighted by Gasteiger charge is 2.48. The molecule has 0 heterocycles. The molecule has 6 nitrogen and oxygen atoms in total. The molecule has 0 spiro atoms. The molecule has 3 atom stereocenters. The Balaban J connectivity index is 2.52. The molecular weight excluding hydrogens is 199 g/mol. The van der Waals surface area contributed by atoms with Gasteiger partial charge in [-0.05, 0) is 25.1 Å². The van der Waals surface area contributed by atoms with E-state index >= 15 is 0 Å². The summed E-state index contributed by atoms with van der Waals surface area (Å²) in [5.41, 5.74) is 10.0. The maximum atomic E-state index is 10.9. The minimum absolute atomic E-state index is 0.0582. The van der Waals surface area contributed by atoms with Gasteiger partial charge in [-0.1, -0.05) is 6.42 Å². The van der Waals surface area contributed by atoms with E-state index in [1.165, 1.54) is 0 Å². The van der Waals surface area contributed by atoms with Gasteiger partial charge in [0.15, 0.2) is 0 Å². The van der Waals surface area contributed by atoms with Gasteiger partial charge in [0.2, 0.25) is 0 Å². The third-order valence-electron chi connectivity index (χ3n) is 3.11. The lowest BCUT2D eigenvalue weighted by Gasteiger charge is -2.23. The van der Waals surface area contributed by atoms with Gasteiger partial charge in [-0.2, -0.15) is 0 Å². The molecule has 0 aliphatic heterocycles. The summed E-state index contributed by atoms with van der Waals surface area (Å²) in [4.78, 5) is 10.9. The first-order valence-corrected chi connectivity index (χ1v) is 5.00. The molecule has 1 aliphatic rings.